The minimum Gasteiger partial charge on any atom is -0.352 e. The molecule has 2 aromatic rings. The van der Waals surface area contributed by atoms with Crippen molar-refractivity contribution in [3.63, 3.8) is 0 Å². The van der Waals surface area contributed by atoms with E-state index >= 15 is 0 Å². The third kappa shape index (κ3) is 2.07. The lowest BCUT2D eigenvalue weighted by atomic mass is 9.89. The summed E-state index contributed by atoms with van der Waals surface area (Å²) in [6.45, 7) is 5.38. The van der Waals surface area contributed by atoms with Gasteiger partial charge in [0.05, 0.1) is 0 Å². The summed E-state index contributed by atoms with van der Waals surface area (Å²) in [5, 5.41) is 7.90. The first-order valence-electron chi connectivity index (χ1n) is 6.73. The van der Waals surface area contributed by atoms with Crippen molar-refractivity contribution in [2.24, 2.45) is 5.41 Å². The summed E-state index contributed by atoms with van der Waals surface area (Å²) in [6.07, 6.45) is 5.34. The minimum absolute atomic E-state index is 0.423. The van der Waals surface area contributed by atoms with Crippen LogP contribution >= 0.6 is 0 Å². The van der Waals surface area contributed by atoms with Crippen LogP contribution in [0.25, 0.3) is 5.65 Å². The Hall–Kier alpha value is -1.58. The van der Waals surface area contributed by atoms with E-state index in [9.17, 15) is 0 Å². The number of hydrogen-bond donors (Lipinski definition) is 1. The van der Waals surface area contributed by atoms with Gasteiger partial charge in [-0.3, -0.25) is 0 Å². The van der Waals surface area contributed by atoms with Crippen LogP contribution in [0.3, 0.4) is 0 Å². The molecule has 2 heterocycles. The topological polar surface area (TPSA) is 42.2 Å². The summed E-state index contributed by atoms with van der Waals surface area (Å²) in [7, 11) is 0. The SMILES string of the molecule is Cc1cccc2nc(NCC3(C)CCCC3)nn12. The second-order valence-electron chi connectivity index (χ2n) is 5.74. The van der Waals surface area contributed by atoms with Gasteiger partial charge in [-0.05, 0) is 37.3 Å². The van der Waals surface area contributed by atoms with Crippen molar-refractivity contribution in [2.75, 3.05) is 11.9 Å². The van der Waals surface area contributed by atoms with Gasteiger partial charge in [-0.2, -0.15) is 4.98 Å². The van der Waals surface area contributed by atoms with Crippen LogP contribution in [0.15, 0.2) is 18.2 Å². The molecule has 0 aliphatic heterocycles. The lowest BCUT2D eigenvalue weighted by Gasteiger charge is -2.22. The summed E-state index contributed by atoms with van der Waals surface area (Å²) in [5.41, 5.74) is 2.45. The molecule has 4 nitrogen and oxygen atoms in total. The first-order chi connectivity index (χ1) is 8.66. The average Bonchev–Trinajstić information content (AvgIpc) is 2.94. The number of fused-ring (bicyclic) bond motifs is 1. The van der Waals surface area contributed by atoms with Crippen LogP contribution in [-0.4, -0.2) is 21.1 Å². The molecule has 18 heavy (non-hydrogen) atoms. The fourth-order valence-electron chi connectivity index (χ4n) is 2.81. The Morgan fingerprint density at radius 3 is 2.83 bits per heavy atom. The van der Waals surface area contributed by atoms with E-state index < -0.39 is 0 Å². The van der Waals surface area contributed by atoms with Gasteiger partial charge in [0.25, 0.3) is 0 Å². The maximum Gasteiger partial charge on any atom is 0.243 e. The number of anilines is 1. The van der Waals surface area contributed by atoms with Crippen molar-refractivity contribution in [1.82, 2.24) is 14.6 Å². The Balaban J connectivity index is 1.77. The molecule has 4 heteroatoms. The zero-order valence-corrected chi connectivity index (χ0v) is 11.1. The predicted molar refractivity (Wildman–Crippen MR) is 72.8 cm³/mol. The van der Waals surface area contributed by atoms with Crippen LogP contribution in [0.2, 0.25) is 0 Å². The maximum absolute atomic E-state index is 4.51. The molecule has 0 amide bonds. The largest absolute Gasteiger partial charge is 0.352 e. The van der Waals surface area contributed by atoms with E-state index in [4.69, 9.17) is 0 Å². The molecule has 1 aliphatic rings. The van der Waals surface area contributed by atoms with Crippen molar-refractivity contribution < 1.29 is 0 Å². The zero-order chi connectivity index (χ0) is 12.6. The second-order valence-corrected chi connectivity index (χ2v) is 5.74. The Labute approximate surface area is 107 Å². The summed E-state index contributed by atoms with van der Waals surface area (Å²) in [4.78, 5) is 4.51. The van der Waals surface area contributed by atoms with Crippen LogP contribution < -0.4 is 5.32 Å². The monoisotopic (exact) mass is 244 g/mol. The lowest BCUT2D eigenvalue weighted by molar-refractivity contribution is 0.361. The summed E-state index contributed by atoms with van der Waals surface area (Å²) in [6, 6.07) is 6.05. The van der Waals surface area contributed by atoms with Crippen LogP contribution in [0.5, 0.6) is 0 Å². The zero-order valence-electron chi connectivity index (χ0n) is 11.1. The summed E-state index contributed by atoms with van der Waals surface area (Å²) in [5.74, 6) is 0.748. The molecule has 0 unspecified atom stereocenters. The molecule has 0 spiro atoms. The van der Waals surface area contributed by atoms with Gasteiger partial charge in [-0.15, -0.1) is 5.10 Å². The van der Waals surface area contributed by atoms with Crippen molar-refractivity contribution in [1.29, 1.82) is 0 Å². The Kier molecular flexibility index (Phi) is 2.73. The highest BCUT2D eigenvalue weighted by Gasteiger charge is 2.28. The molecular weight excluding hydrogens is 224 g/mol. The van der Waals surface area contributed by atoms with Gasteiger partial charge in [0.15, 0.2) is 5.65 Å². The lowest BCUT2D eigenvalue weighted by Crippen LogP contribution is -2.23. The van der Waals surface area contributed by atoms with Crippen molar-refractivity contribution >= 4 is 11.6 Å². The first kappa shape index (κ1) is 11.5. The number of nitrogens with zero attached hydrogens (tertiary/aromatic N) is 3. The summed E-state index contributed by atoms with van der Waals surface area (Å²) >= 11 is 0. The molecule has 1 N–H and O–H groups in total. The van der Waals surface area contributed by atoms with Crippen molar-refractivity contribution in [3.8, 4) is 0 Å². The molecule has 0 radical (unpaired) electrons. The average molecular weight is 244 g/mol. The molecule has 2 aromatic heterocycles. The highest BCUT2D eigenvalue weighted by atomic mass is 15.3. The standard InChI is InChI=1S/C14H20N4/c1-11-6-5-7-12-16-13(17-18(11)12)15-10-14(2)8-3-4-9-14/h5-7H,3-4,8-10H2,1-2H3,(H,15,17). The number of hydrogen-bond acceptors (Lipinski definition) is 3. The van der Waals surface area contributed by atoms with Crippen molar-refractivity contribution in [3.05, 3.63) is 23.9 Å². The Bertz CT molecular complexity index is 552. The van der Waals surface area contributed by atoms with E-state index in [0.29, 0.717) is 5.41 Å². The quantitative estimate of drug-likeness (QED) is 0.902. The van der Waals surface area contributed by atoms with Crippen LogP contribution in [-0.2, 0) is 0 Å². The Morgan fingerprint density at radius 2 is 2.11 bits per heavy atom. The van der Waals surface area contributed by atoms with Gasteiger partial charge >= 0.3 is 0 Å². The number of aromatic nitrogens is 3. The molecule has 1 fully saturated rings. The molecule has 1 aliphatic carbocycles. The molecule has 3 rings (SSSR count). The predicted octanol–water partition coefficient (Wildman–Crippen LogP) is 3.03. The third-order valence-electron chi connectivity index (χ3n) is 4.03. The third-order valence-corrected chi connectivity index (χ3v) is 4.03. The highest BCUT2D eigenvalue weighted by Crippen LogP contribution is 2.37. The van der Waals surface area contributed by atoms with Gasteiger partial charge in [0.2, 0.25) is 5.95 Å². The molecule has 0 atom stereocenters. The fraction of sp³-hybridized carbons (Fsp3) is 0.571. The van der Waals surface area contributed by atoms with E-state index in [1.54, 1.807) is 0 Å². The van der Waals surface area contributed by atoms with Crippen LogP contribution in [0, 0.1) is 12.3 Å². The van der Waals surface area contributed by atoms with Gasteiger partial charge in [-0.25, -0.2) is 4.52 Å². The van der Waals surface area contributed by atoms with Crippen LogP contribution in [0.4, 0.5) is 5.95 Å². The van der Waals surface area contributed by atoms with Gasteiger partial charge < -0.3 is 5.32 Å². The van der Waals surface area contributed by atoms with Gasteiger partial charge in [0, 0.05) is 12.2 Å². The normalized spacial score (nSPS) is 18.3. The molecule has 1 saturated carbocycles. The Morgan fingerprint density at radius 1 is 1.33 bits per heavy atom. The van der Waals surface area contributed by atoms with Gasteiger partial charge in [0.1, 0.15) is 0 Å². The molecule has 96 valence electrons. The van der Waals surface area contributed by atoms with Gasteiger partial charge in [-0.1, -0.05) is 25.8 Å². The number of rotatable bonds is 3. The van der Waals surface area contributed by atoms with E-state index in [1.165, 1.54) is 25.7 Å². The second kappa shape index (κ2) is 4.26. The smallest absolute Gasteiger partial charge is 0.243 e. The molecular formula is C14H20N4. The molecule has 0 aromatic carbocycles. The van der Waals surface area contributed by atoms with Crippen LogP contribution in [0.1, 0.15) is 38.3 Å². The first-order valence-corrected chi connectivity index (χ1v) is 6.73. The fourth-order valence-corrected chi connectivity index (χ4v) is 2.81. The van der Waals surface area contributed by atoms with E-state index in [1.807, 2.05) is 29.6 Å². The summed E-state index contributed by atoms with van der Waals surface area (Å²) < 4.78 is 1.89. The molecule has 0 saturated heterocycles. The maximum atomic E-state index is 4.51. The molecule has 0 bridgehead atoms. The number of aryl methyl sites for hydroxylation is 1. The highest BCUT2D eigenvalue weighted by molar-refractivity contribution is 5.44. The van der Waals surface area contributed by atoms with E-state index in [2.05, 4.69) is 22.3 Å². The van der Waals surface area contributed by atoms with Crippen molar-refractivity contribution in [2.45, 2.75) is 39.5 Å². The van der Waals surface area contributed by atoms with E-state index in [-0.39, 0.29) is 0 Å². The number of pyridine rings is 1. The minimum atomic E-state index is 0.423. The van der Waals surface area contributed by atoms with E-state index in [0.717, 1.165) is 23.8 Å². The number of nitrogens with one attached hydrogen (secondary N) is 1.